The van der Waals surface area contributed by atoms with Crippen molar-refractivity contribution < 1.29 is 9.90 Å². The molecule has 2 aromatic heterocycles. The van der Waals surface area contributed by atoms with Gasteiger partial charge in [-0.25, -0.2) is 4.98 Å². The second-order valence-corrected chi connectivity index (χ2v) is 5.88. The van der Waals surface area contributed by atoms with Crippen molar-refractivity contribution in [1.82, 2.24) is 9.88 Å². The van der Waals surface area contributed by atoms with Crippen molar-refractivity contribution in [3.63, 3.8) is 0 Å². The lowest BCUT2D eigenvalue weighted by atomic mass is 10.3. The van der Waals surface area contributed by atoms with Crippen molar-refractivity contribution >= 4 is 28.6 Å². The van der Waals surface area contributed by atoms with Gasteiger partial charge in [-0.05, 0) is 17.9 Å². The molecule has 3 rings (SSSR count). The molecule has 1 atom stereocenters. The first-order valence-electron chi connectivity index (χ1n) is 5.69. The number of carbonyl (C=O) groups excluding carboxylic acids is 1. The first-order chi connectivity index (χ1) is 8.74. The second kappa shape index (κ2) is 4.79. The van der Waals surface area contributed by atoms with E-state index in [0.29, 0.717) is 25.2 Å². The number of hydrogen-bond donors (Lipinski definition) is 1. The van der Waals surface area contributed by atoms with Gasteiger partial charge in [0, 0.05) is 29.4 Å². The summed E-state index contributed by atoms with van der Waals surface area (Å²) in [6, 6.07) is 2.00. The van der Waals surface area contributed by atoms with Gasteiger partial charge in [-0.15, -0.1) is 11.3 Å². The van der Waals surface area contributed by atoms with Crippen LogP contribution in [-0.4, -0.2) is 40.1 Å². The van der Waals surface area contributed by atoms with Gasteiger partial charge in [0.2, 0.25) is 0 Å². The SMILES string of the molecule is O=C(c1csc(-c2ccsc2)n1)N1CC[C@@H](O)C1. The van der Waals surface area contributed by atoms with Gasteiger partial charge in [-0.2, -0.15) is 11.3 Å². The number of hydrogen-bond acceptors (Lipinski definition) is 5. The van der Waals surface area contributed by atoms with Crippen LogP contribution in [0.5, 0.6) is 0 Å². The molecule has 18 heavy (non-hydrogen) atoms. The first kappa shape index (κ1) is 11.8. The summed E-state index contributed by atoms with van der Waals surface area (Å²) in [5.74, 6) is -0.0794. The number of rotatable bonds is 2. The summed E-state index contributed by atoms with van der Waals surface area (Å²) in [4.78, 5) is 18.2. The number of likely N-dealkylation sites (tertiary alicyclic amines) is 1. The van der Waals surface area contributed by atoms with Crippen LogP contribution < -0.4 is 0 Å². The highest BCUT2D eigenvalue weighted by Gasteiger charge is 2.26. The van der Waals surface area contributed by atoms with Crippen molar-refractivity contribution in [3.8, 4) is 10.6 Å². The lowest BCUT2D eigenvalue weighted by Crippen LogP contribution is -2.29. The van der Waals surface area contributed by atoms with E-state index in [-0.39, 0.29) is 12.0 Å². The van der Waals surface area contributed by atoms with Gasteiger partial charge in [0.25, 0.3) is 5.91 Å². The van der Waals surface area contributed by atoms with Crippen molar-refractivity contribution in [2.75, 3.05) is 13.1 Å². The Bertz CT molecular complexity index is 550. The highest BCUT2D eigenvalue weighted by atomic mass is 32.1. The van der Waals surface area contributed by atoms with Crippen LogP contribution in [0, 0.1) is 0 Å². The van der Waals surface area contributed by atoms with E-state index in [0.717, 1.165) is 10.6 Å². The van der Waals surface area contributed by atoms with E-state index in [9.17, 15) is 9.90 Å². The number of nitrogens with zero attached hydrogens (tertiary/aromatic N) is 2. The van der Waals surface area contributed by atoms with Gasteiger partial charge in [-0.3, -0.25) is 4.79 Å². The van der Waals surface area contributed by atoms with Crippen molar-refractivity contribution in [2.45, 2.75) is 12.5 Å². The van der Waals surface area contributed by atoms with E-state index >= 15 is 0 Å². The molecule has 94 valence electrons. The van der Waals surface area contributed by atoms with E-state index in [1.54, 1.807) is 21.6 Å². The Hall–Kier alpha value is -1.24. The van der Waals surface area contributed by atoms with Crippen LogP contribution in [0.4, 0.5) is 0 Å². The summed E-state index contributed by atoms with van der Waals surface area (Å²) in [5, 5.41) is 16.1. The fourth-order valence-electron chi connectivity index (χ4n) is 1.98. The summed E-state index contributed by atoms with van der Waals surface area (Å²) in [6.45, 7) is 1.04. The van der Waals surface area contributed by atoms with Crippen molar-refractivity contribution in [2.24, 2.45) is 0 Å². The molecule has 3 heterocycles. The molecule has 0 aromatic carbocycles. The molecular weight excluding hydrogens is 268 g/mol. The Morgan fingerprint density at radius 1 is 1.50 bits per heavy atom. The molecule has 1 N–H and O–H groups in total. The maximum Gasteiger partial charge on any atom is 0.273 e. The molecule has 0 spiro atoms. The lowest BCUT2D eigenvalue weighted by molar-refractivity contribution is 0.0760. The van der Waals surface area contributed by atoms with E-state index in [1.165, 1.54) is 11.3 Å². The largest absolute Gasteiger partial charge is 0.391 e. The lowest BCUT2D eigenvalue weighted by Gasteiger charge is -2.13. The molecule has 0 aliphatic carbocycles. The number of carbonyl (C=O) groups is 1. The average molecular weight is 280 g/mol. The van der Waals surface area contributed by atoms with Gasteiger partial charge in [0.05, 0.1) is 6.10 Å². The van der Waals surface area contributed by atoms with Crippen LogP contribution in [0.3, 0.4) is 0 Å². The molecular formula is C12H12N2O2S2. The molecule has 1 aliphatic rings. The number of β-amino-alcohol motifs (C(OH)–C–C–N with tert-alkyl or cyclic N) is 1. The zero-order chi connectivity index (χ0) is 12.5. The summed E-state index contributed by atoms with van der Waals surface area (Å²) < 4.78 is 0. The van der Waals surface area contributed by atoms with E-state index in [2.05, 4.69) is 4.98 Å². The average Bonchev–Trinajstić information content (AvgIpc) is 3.09. The summed E-state index contributed by atoms with van der Waals surface area (Å²) in [7, 11) is 0. The Labute approximate surface area is 113 Å². The van der Waals surface area contributed by atoms with Crippen LogP contribution in [0.2, 0.25) is 0 Å². The van der Waals surface area contributed by atoms with Gasteiger partial charge in [-0.1, -0.05) is 0 Å². The van der Waals surface area contributed by atoms with Crippen molar-refractivity contribution in [3.05, 3.63) is 27.9 Å². The summed E-state index contributed by atoms with van der Waals surface area (Å²) >= 11 is 3.10. The number of thiazole rings is 1. The maximum absolute atomic E-state index is 12.1. The molecule has 0 unspecified atom stereocenters. The van der Waals surface area contributed by atoms with E-state index in [1.807, 2.05) is 16.8 Å². The van der Waals surface area contributed by atoms with Crippen LogP contribution in [0.1, 0.15) is 16.9 Å². The maximum atomic E-state index is 12.1. The third-order valence-electron chi connectivity index (χ3n) is 2.94. The smallest absolute Gasteiger partial charge is 0.273 e. The van der Waals surface area contributed by atoms with Gasteiger partial charge < -0.3 is 10.0 Å². The topological polar surface area (TPSA) is 53.4 Å². The van der Waals surface area contributed by atoms with E-state index in [4.69, 9.17) is 0 Å². The minimum Gasteiger partial charge on any atom is -0.391 e. The normalized spacial score (nSPS) is 19.4. The zero-order valence-corrected chi connectivity index (χ0v) is 11.2. The summed E-state index contributed by atoms with van der Waals surface area (Å²) in [6.07, 6.45) is 0.275. The Morgan fingerprint density at radius 2 is 2.39 bits per heavy atom. The van der Waals surface area contributed by atoms with Crippen LogP contribution in [0.15, 0.2) is 22.2 Å². The molecule has 2 aromatic rings. The Morgan fingerprint density at radius 3 is 3.06 bits per heavy atom. The number of aliphatic hydroxyl groups excluding tert-OH is 1. The highest BCUT2D eigenvalue weighted by Crippen LogP contribution is 2.26. The molecule has 6 heteroatoms. The van der Waals surface area contributed by atoms with Crippen LogP contribution >= 0.6 is 22.7 Å². The van der Waals surface area contributed by atoms with Gasteiger partial charge in [0.15, 0.2) is 0 Å². The molecule has 0 radical (unpaired) electrons. The van der Waals surface area contributed by atoms with Gasteiger partial charge >= 0.3 is 0 Å². The molecule has 4 nitrogen and oxygen atoms in total. The number of thiophene rings is 1. The molecule has 1 fully saturated rings. The Kier molecular flexibility index (Phi) is 3.15. The molecule has 0 saturated carbocycles. The summed E-state index contributed by atoms with van der Waals surface area (Å²) in [5.41, 5.74) is 1.54. The second-order valence-electron chi connectivity index (χ2n) is 4.24. The van der Waals surface area contributed by atoms with Crippen LogP contribution in [-0.2, 0) is 0 Å². The fraction of sp³-hybridized carbons (Fsp3) is 0.333. The predicted octanol–water partition coefficient (Wildman–Crippen LogP) is 2.08. The van der Waals surface area contributed by atoms with E-state index < -0.39 is 0 Å². The predicted molar refractivity (Wildman–Crippen MR) is 72.0 cm³/mol. The number of amides is 1. The molecule has 1 saturated heterocycles. The minimum absolute atomic E-state index is 0.0794. The van der Waals surface area contributed by atoms with Crippen LogP contribution in [0.25, 0.3) is 10.6 Å². The van der Waals surface area contributed by atoms with Crippen molar-refractivity contribution in [1.29, 1.82) is 0 Å². The number of aliphatic hydroxyl groups is 1. The third-order valence-corrected chi connectivity index (χ3v) is 4.52. The molecule has 1 aliphatic heterocycles. The minimum atomic E-state index is -0.385. The quantitative estimate of drug-likeness (QED) is 0.916. The zero-order valence-electron chi connectivity index (χ0n) is 9.57. The monoisotopic (exact) mass is 280 g/mol. The van der Waals surface area contributed by atoms with Gasteiger partial charge in [0.1, 0.15) is 10.7 Å². The molecule has 0 bridgehead atoms. The standard InChI is InChI=1S/C12H12N2O2S2/c15-9-1-3-14(5-9)12(16)10-7-18-11(13-10)8-2-4-17-6-8/h2,4,6-7,9,15H,1,3,5H2/t9-/m1/s1. The number of aromatic nitrogens is 1. The third kappa shape index (κ3) is 2.19. The first-order valence-corrected chi connectivity index (χ1v) is 7.52. The molecule has 1 amide bonds. The highest BCUT2D eigenvalue weighted by molar-refractivity contribution is 7.14. The fourth-order valence-corrected chi connectivity index (χ4v) is 3.49. The Balaban J connectivity index is 1.79.